The highest BCUT2D eigenvalue weighted by molar-refractivity contribution is 6.33. The van der Waals surface area contributed by atoms with Crippen LogP contribution in [-0.4, -0.2) is 43.3 Å². The van der Waals surface area contributed by atoms with Gasteiger partial charge in [-0.3, -0.25) is 0 Å². The molecule has 0 amide bonds. The number of benzene rings is 1. The van der Waals surface area contributed by atoms with Crippen molar-refractivity contribution in [1.29, 1.82) is 0 Å². The number of carbonyl (C=O) groups excluding carboxylic acids is 1. The molecule has 7 nitrogen and oxygen atoms in total. The second-order valence-electron chi connectivity index (χ2n) is 4.92. The van der Waals surface area contributed by atoms with Gasteiger partial charge in [-0.15, -0.1) is 0 Å². The molecular weight excluding hydrogens is 332 g/mol. The summed E-state index contributed by atoms with van der Waals surface area (Å²) in [6.07, 6.45) is 0. The van der Waals surface area contributed by atoms with Gasteiger partial charge >= 0.3 is 5.97 Å². The molecule has 1 aromatic heterocycles. The quantitative estimate of drug-likeness (QED) is 0.586. The molecule has 0 spiro atoms. The molecule has 2 aromatic rings. The smallest absolute Gasteiger partial charge is 0.337 e. The summed E-state index contributed by atoms with van der Waals surface area (Å²) in [5.74, 6) is 1.39. The van der Waals surface area contributed by atoms with Gasteiger partial charge < -0.3 is 20.1 Å². The number of aromatic nitrogens is 2. The van der Waals surface area contributed by atoms with E-state index in [1.54, 1.807) is 38.3 Å². The van der Waals surface area contributed by atoms with E-state index in [1.807, 2.05) is 0 Å². The van der Waals surface area contributed by atoms with Crippen molar-refractivity contribution >= 4 is 34.9 Å². The van der Waals surface area contributed by atoms with Crippen molar-refractivity contribution in [3.63, 3.8) is 0 Å². The van der Waals surface area contributed by atoms with Gasteiger partial charge in [-0.05, 0) is 25.1 Å². The Labute approximate surface area is 145 Å². The van der Waals surface area contributed by atoms with Gasteiger partial charge in [0.05, 0.1) is 30.0 Å². The number of anilines is 3. The SMILES string of the molecule is COCCNc1cc(Nc2cc(C(=O)OC)ccc2Cl)nc(C)n1. The topological polar surface area (TPSA) is 85.4 Å². The molecule has 0 bridgehead atoms. The predicted octanol–water partition coefficient (Wildman–Crippen LogP) is 3.03. The van der Waals surface area contributed by atoms with Crippen molar-refractivity contribution in [2.24, 2.45) is 0 Å². The summed E-state index contributed by atoms with van der Waals surface area (Å²) in [6.45, 7) is 2.99. The first-order valence-corrected chi connectivity index (χ1v) is 7.64. The van der Waals surface area contributed by atoms with Gasteiger partial charge in [0.2, 0.25) is 0 Å². The first kappa shape index (κ1) is 18.0. The number of esters is 1. The van der Waals surface area contributed by atoms with Gasteiger partial charge in [0.25, 0.3) is 0 Å². The lowest BCUT2D eigenvalue weighted by Crippen LogP contribution is -2.10. The number of rotatable bonds is 7. The standard InChI is InChI=1S/C16H19ClN4O3/c1-10-19-14(18-6-7-23-2)9-15(20-10)21-13-8-11(16(22)24-3)4-5-12(13)17/h4-5,8-9H,6-7H2,1-3H3,(H2,18,19,20,21). The lowest BCUT2D eigenvalue weighted by Gasteiger charge is -2.12. The molecule has 0 aliphatic rings. The maximum Gasteiger partial charge on any atom is 0.337 e. The van der Waals surface area contributed by atoms with Crippen molar-refractivity contribution in [1.82, 2.24) is 9.97 Å². The van der Waals surface area contributed by atoms with Gasteiger partial charge in [0, 0.05) is 19.7 Å². The second-order valence-corrected chi connectivity index (χ2v) is 5.32. The Morgan fingerprint density at radius 3 is 2.67 bits per heavy atom. The zero-order valence-corrected chi connectivity index (χ0v) is 14.5. The van der Waals surface area contributed by atoms with Gasteiger partial charge in [0.15, 0.2) is 0 Å². The van der Waals surface area contributed by atoms with E-state index in [-0.39, 0.29) is 0 Å². The van der Waals surface area contributed by atoms with E-state index in [4.69, 9.17) is 21.1 Å². The molecule has 0 unspecified atom stereocenters. The van der Waals surface area contributed by atoms with Crippen LogP contribution in [0.2, 0.25) is 5.02 Å². The zero-order valence-electron chi connectivity index (χ0n) is 13.7. The number of nitrogens with one attached hydrogen (secondary N) is 2. The highest BCUT2D eigenvalue weighted by atomic mass is 35.5. The summed E-state index contributed by atoms with van der Waals surface area (Å²) in [5, 5.41) is 6.71. The molecule has 0 aliphatic carbocycles. The van der Waals surface area contributed by atoms with Crippen molar-refractivity contribution in [3.05, 3.63) is 40.7 Å². The molecule has 0 atom stereocenters. The van der Waals surface area contributed by atoms with E-state index in [1.165, 1.54) is 7.11 Å². The van der Waals surface area contributed by atoms with E-state index in [2.05, 4.69) is 20.6 Å². The molecule has 0 aliphatic heterocycles. The fourth-order valence-electron chi connectivity index (χ4n) is 2.01. The van der Waals surface area contributed by atoms with E-state index < -0.39 is 5.97 Å². The molecular formula is C16H19ClN4O3. The fourth-order valence-corrected chi connectivity index (χ4v) is 2.17. The summed E-state index contributed by atoms with van der Waals surface area (Å²) >= 11 is 6.19. The van der Waals surface area contributed by atoms with Crippen molar-refractivity contribution in [3.8, 4) is 0 Å². The second kappa shape index (κ2) is 8.47. The summed E-state index contributed by atoms with van der Waals surface area (Å²) in [4.78, 5) is 20.3. The Hall–Kier alpha value is -2.38. The molecule has 0 saturated heterocycles. The lowest BCUT2D eigenvalue weighted by atomic mass is 10.2. The number of hydrogen-bond donors (Lipinski definition) is 2. The number of hydrogen-bond acceptors (Lipinski definition) is 7. The van der Waals surface area contributed by atoms with Gasteiger partial charge in [0.1, 0.15) is 17.5 Å². The van der Waals surface area contributed by atoms with Crippen LogP contribution in [0.4, 0.5) is 17.3 Å². The average Bonchev–Trinajstić information content (AvgIpc) is 2.56. The minimum Gasteiger partial charge on any atom is -0.465 e. The zero-order chi connectivity index (χ0) is 17.5. The molecule has 1 aromatic carbocycles. The molecule has 24 heavy (non-hydrogen) atoms. The third kappa shape index (κ3) is 4.81. The number of nitrogens with zero attached hydrogens (tertiary/aromatic N) is 2. The molecule has 0 saturated carbocycles. The normalized spacial score (nSPS) is 10.3. The molecule has 2 N–H and O–H groups in total. The van der Waals surface area contributed by atoms with Gasteiger partial charge in [-0.25, -0.2) is 14.8 Å². The number of methoxy groups -OCH3 is 2. The number of carbonyl (C=O) groups is 1. The number of aryl methyl sites for hydroxylation is 1. The summed E-state index contributed by atoms with van der Waals surface area (Å²) in [5.41, 5.74) is 0.953. The Morgan fingerprint density at radius 2 is 1.96 bits per heavy atom. The Kier molecular flexibility index (Phi) is 6.34. The van der Waals surface area contributed by atoms with E-state index in [0.717, 1.165) is 0 Å². The molecule has 1 heterocycles. The Balaban J connectivity index is 2.22. The van der Waals surface area contributed by atoms with Crippen molar-refractivity contribution in [2.75, 3.05) is 38.0 Å². The first-order valence-electron chi connectivity index (χ1n) is 7.27. The third-order valence-corrected chi connectivity index (χ3v) is 3.43. The lowest BCUT2D eigenvalue weighted by molar-refractivity contribution is 0.0601. The minimum absolute atomic E-state index is 0.397. The number of ether oxygens (including phenoxy) is 2. The van der Waals surface area contributed by atoms with Crippen LogP contribution in [0.3, 0.4) is 0 Å². The van der Waals surface area contributed by atoms with Crippen LogP contribution in [-0.2, 0) is 9.47 Å². The van der Waals surface area contributed by atoms with Gasteiger partial charge in [-0.2, -0.15) is 0 Å². The van der Waals surface area contributed by atoms with Crippen molar-refractivity contribution in [2.45, 2.75) is 6.92 Å². The predicted molar refractivity (Wildman–Crippen MR) is 93.2 cm³/mol. The van der Waals surface area contributed by atoms with Gasteiger partial charge in [-0.1, -0.05) is 11.6 Å². The largest absolute Gasteiger partial charge is 0.465 e. The molecule has 2 rings (SSSR count). The van der Waals surface area contributed by atoms with E-state index in [0.29, 0.717) is 46.9 Å². The average molecular weight is 351 g/mol. The van der Waals surface area contributed by atoms with Crippen LogP contribution in [0.15, 0.2) is 24.3 Å². The van der Waals surface area contributed by atoms with Crippen LogP contribution < -0.4 is 10.6 Å². The van der Waals surface area contributed by atoms with Crippen LogP contribution >= 0.6 is 11.6 Å². The Morgan fingerprint density at radius 1 is 1.21 bits per heavy atom. The first-order chi connectivity index (χ1) is 11.5. The summed E-state index contributed by atoms with van der Waals surface area (Å²) < 4.78 is 9.72. The van der Waals surface area contributed by atoms with E-state index in [9.17, 15) is 4.79 Å². The maximum absolute atomic E-state index is 11.6. The van der Waals surface area contributed by atoms with Crippen LogP contribution in [0, 0.1) is 6.92 Å². The third-order valence-electron chi connectivity index (χ3n) is 3.10. The minimum atomic E-state index is -0.435. The molecule has 128 valence electrons. The van der Waals surface area contributed by atoms with E-state index >= 15 is 0 Å². The molecule has 0 fully saturated rings. The highest BCUT2D eigenvalue weighted by Gasteiger charge is 2.10. The maximum atomic E-state index is 11.6. The fraction of sp³-hybridized carbons (Fsp3) is 0.312. The summed E-state index contributed by atoms with van der Waals surface area (Å²) in [7, 11) is 2.96. The summed E-state index contributed by atoms with van der Waals surface area (Å²) in [6, 6.07) is 6.59. The Bertz CT molecular complexity index is 724. The van der Waals surface area contributed by atoms with Crippen LogP contribution in [0.1, 0.15) is 16.2 Å². The molecule has 0 radical (unpaired) electrons. The van der Waals surface area contributed by atoms with Crippen molar-refractivity contribution < 1.29 is 14.3 Å². The highest BCUT2D eigenvalue weighted by Crippen LogP contribution is 2.27. The van der Waals surface area contributed by atoms with Crippen LogP contribution in [0.5, 0.6) is 0 Å². The molecule has 8 heteroatoms. The van der Waals surface area contributed by atoms with Crippen LogP contribution in [0.25, 0.3) is 0 Å². The monoisotopic (exact) mass is 350 g/mol. The number of halogens is 1.